The predicted octanol–water partition coefficient (Wildman–Crippen LogP) is 2.11. The van der Waals surface area contributed by atoms with E-state index in [1.807, 2.05) is 6.92 Å². The molecule has 1 saturated heterocycles. The first-order valence-electron chi connectivity index (χ1n) is 3.77. The molecule has 0 aromatic heterocycles. The summed E-state index contributed by atoms with van der Waals surface area (Å²) in [5, 5.41) is 0. The Bertz CT molecular complexity index is 177. The summed E-state index contributed by atoms with van der Waals surface area (Å²) < 4.78 is 5.05. The second kappa shape index (κ2) is 2.77. The summed E-state index contributed by atoms with van der Waals surface area (Å²) in [5.41, 5.74) is 0.0226. The molecule has 1 aliphatic heterocycles. The van der Waals surface area contributed by atoms with E-state index in [2.05, 4.69) is 29.8 Å². The van der Waals surface area contributed by atoms with Crippen molar-refractivity contribution >= 4 is 21.9 Å². The van der Waals surface area contributed by atoms with Crippen LogP contribution in [0.5, 0.6) is 0 Å². The van der Waals surface area contributed by atoms with E-state index in [0.29, 0.717) is 6.42 Å². The number of esters is 1. The van der Waals surface area contributed by atoms with Crippen LogP contribution >= 0.6 is 15.9 Å². The number of ether oxygens (including phenoxy) is 1. The van der Waals surface area contributed by atoms with Crippen molar-refractivity contribution in [3.05, 3.63) is 0 Å². The minimum Gasteiger partial charge on any atom is -0.461 e. The number of alkyl halides is 1. The van der Waals surface area contributed by atoms with E-state index in [4.69, 9.17) is 4.74 Å². The summed E-state index contributed by atoms with van der Waals surface area (Å²) >= 11 is 3.53. The summed E-state index contributed by atoms with van der Waals surface area (Å²) in [6.07, 6.45) is 0.499. The maximum atomic E-state index is 11.0. The molecule has 0 radical (unpaired) electrons. The Morgan fingerprint density at radius 2 is 2.18 bits per heavy atom. The van der Waals surface area contributed by atoms with Crippen LogP contribution in [0.15, 0.2) is 0 Å². The minimum absolute atomic E-state index is 0.00810. The van der Waals surface area contributed by atoms with Crippen molar-refractivity contribution in [2.75, 3.05) is 0 Å². The first-order valence-corrected chi connectivity index (χ1v) is 4.68. The molecular weight excluding hydrogens is 208 g/mol. The second-order valence-electron chi connectivity index (χ2n) is 3.76. The zero-order chi connectivity index (χ0) is 8.65. The smallest absolute Gasteiger partial charge is 0.306 e. The Hall–Kier alpha value is -0.0500. The molecule has 0 aromatic carbocycles. The van der Waals surface area contributed by atoms with Crippen LogP contribution in [0.25, 0.3) is 0 Å². The van der Waals surface area contributed by atoms with E-state index in [1.165, 1.54) is 0 Å². The van der Waals surface area contributed by atoms with Gasteiger partial charge in [0.25, 0.3) is 0 Å². The van der Waals surface area contributed by atoms with Gasteiger partial charge in [-0.25, -0.2) is 0 Å². The molecular formula is C8H13BrO2. The van der Waals surface area contributed by atoms with Crippen molar-refractivity contribution in [1.29, 1.82) is 0 Å². The van der Waals surface area contributed by atoms with Crippen molar-refractivity contribution in [3.63, 3.8) is 0 Å². The van der Waals surface area contributed by atoms with Gasteiger partial charge in [-0.2, -0.15) is 0 Å². The lowest BCUT2D eigenvalue weighted by molar-refractivity contribution is -0.157. The average Bonchev–Trinajstić information content (AvgIpc) is 1.81. The maximum absolute atomic E-state index is 11.0. The normalized spacial score (nSPS) is 36.5. The Morgan fingerprint density at radius 3 is 2.64 bits per heavy atom. The SMILES string of the molecule is C[C@@H]1OC(=O)CC(C)(C)[C@H]1Br. The van der Waals surface area contributed by atoms with Crippen LogP contribution in [-0.4, -0.2) is 16.9 Å². The number of hydrogen-bond donors (Lipinski definition) is 0. The van der Waals surface area contributed by atoms with Crippen molar-refractivity contribution in [1.82, 2.24) is 0 Å². The molecule has 0 bridgehead atoms. The van der Waals surface area contributed by atoms with E-state index >= 15 is 0 Å². The van der Waals surface area contributed by atoms with Crippen LogP contribution < -0.4 is 0 Å². The van der Waals surface area contributed by atoms with Gasteiger partial charge < -0.3 is 4.74 Å². The third-order valence-corrected chi connectivity index (χ3v) is 4.06. The molecule has 1 fully saturated rings. The van der Waals surface area contributed by atoms with Crippen LogP contribution in [0.2, 0.25) is 0 Å². The number of rotatable bonds is 0. The van der Waals surface area contributed by atoms with Crippen molar-refractivity contribution in [2.24, 2.45) is 5.41 Å². The first kappa shape index (κ1) is 9.04. The lowest BCUT2D eigenvalue weighted by Crippen LogP contribution is -2.43. The molecule has 2 nitrogen and oxygen atoms in total. The lowest BCUT2D eigenvalue weighted by Gasteiger charge is -2.37. The molecule has 0 N–H and O–H groups in total. The minimum atomic E-state index is -0.0850. The van der Waals surface area contributed by atoms with Crippen LogP contribution in [0.1, 0.15) is 27.2 Å². The Labute approximate surface area is 75.4 Å². The lowest BCUT2D eigenvalue weighted by atomic mass is 9.82. The van der Waals surface area contributed by atoms with Crippen LogP contribution in [0, 0.1) is 5.41 Å². The Kier molecular flexibility index (Phi) is 2.28. The summed E-state index contributed by atoms with van der Waals surface area (Å²) in [7, 11) is 0. The maximum Gasteiger partial charge on any atom is 0.306 e. The molecule has 0 saturated carbocycles. The quantitative estimate of drug-likeness (QED) is 0.462. The van der Waals surface area contributed by atoms with E-state index < -0.39 is 0 Å². The molecule has 3 heteroatoms. The van der Waals surface area contributed by atoms with Gasteiger partial charge in [-0.15, -0.1) is 0 Å². The molecule has 0 amide bonds. The monoisotopic (exact) mass is 220 g/mol. The molecule has 1 heterocycles. The number of cyclic esters (lactones) is 1. The molecule has 0 aromatic rings. The van der Waals surface area contributed by atoms with Crippen molar-refractivity contribution < 1.29 is 9.53 Å². The highest BCUT2D eigenvalue weighted by Gasteiger charge is 2.40. The van der Waals surface area contributed by atoms with Gasteiger partial charge in [-0.1, -0.05) is 29.8 Å². The Balaban J connectivity index is 2.75. The van der Waals surface area contributed by atoms with Crippen molar-refractivity contribution in [2.45, 2.75) is 38.1 Å². The van der Waals surface area contributed by atoms with Gasteiger partial charge in [-0.05, 0) is 12.3 Å². The van der Waals surface area contributed by atoms with E-state index in [1.54, 1.807) is 0 Å². The van der Waals surface area contributed by atoms with Gasteiger partial charge in [0.05, 0.1) is 11.2 Å². The summed E-state index contributed by atoms with van der Waals surface area (Å²) in [6, 6.07) is 0. The number of carbonyl (C=O) groups excluding carboxylic acids is 1. The number of hydrogen-bond acceptors (Lipinski definition) is 2. The van der Waals surface area contributed by atoms with Crippen molar-refractivity contribution in [3.8, 4) is 0 Å². The third kappa shape index (κ3) is 1.75. The van der Waals surface area contributed by atoms with E-state index in [0.717, 1.165) is 0 Å². The summed E-state index contributed by atoms with van der Waals surface area (Å²) in [4.78, 5) is 11.3. The molecule has 64 valence electrons. The summed E-state index contributed by atoms with van der Waals surface area (Å²) in [5.74, 6) is -0.0850. The molecule has 1 rings (SSSR count). The predicted molar refractivity (Wildman–Crippen MR) is 46.7 cm³/mol. The molecule has 0 spiro atoms. The fourth-order valence-corrected chi connectivity index (χ4v) is 1.68. The number of carbonyl (C=O) groups is 1. The highest BCUT2D eigenvalue weighted by molar-refractivity contribution is 9.09. The van der Waals surface area contributed by atoms with Crippen LogP contribution in [0.4, 0.5) is 0 Å². The van der Waals surface area contributed by atoms with Gasteiger partial charge in [0.2, 0.25) is 0 Å². The molecule has 0 unspecified atom stereocenters. The second-order valence-corrected chi connectivity index (χ2v) is 4.75. The summed E-state index contributed by atoms with van der Waals surface area (Å²) in [6.45, 7) is 6.06. The van der Waals surface area contributed by atoms with Crippen LogP contribution in [0.3, 0.4) is 0 Å². The van der Waals surface area contributed by atoms with Crippen LogP contribution in [-0.2, 0) is 9.53 Å². The molecule has 0 aliphatic carbocycles. The zero-order valence-electron chi connectivity index (χ0n) is 7.06. The molecule has 11 heavy (non-hydrogen) atoms. The van der Waals surface area contributed by atoms with E-state index in [-0.39, 0.29) is 22.3 Å². The number of halogens is 1. The molecule has 2 atom stereocenters. The van der Waals surface area contributed by atoms with Gasteiger partial charge in [0.1, 0.15) is 6.10 Å². The highest BCUT2D eigenvalue weighted by atomic mass is 79.9. The third-order valence-electron chi connectivity index (χ3n) is 2.08. The first-order chi connectivity index (χ1) is 4.93. The van der Waals surface area contributed by atoms with Gasteiger partial charge >= 0.3 is 5.97 Å². The fraction of sp³-hybridized carbons (Fsp3) is 0.875. The van der Waals surface area contributed by atoms with Gasteiger partial charge in [0.15, 0.2) is 0 Å². The Morgan fingerprint density at radius 1 is 1.64 bits per heavy atom. The largest absolute Gasteiger partial charge is 0.461 e. The molecule has 1 aliphatic rings. The van der Waals surface area contributed by atoms with Gasteiger partial charge in [0, 0.05) is 0 Å². The standard InChI is InChI=1S/C8H13BrO2/c1-5-7(9)8(2,3)4-6(10)11-5/h5,7H,4H2,1-3H3/t5-,7-/m0/s1. The fourth-order valence-electron chi connectivity index (χ4n) is 1.41. The zero-order valence-corrected chi connectivity index (χ0v) is 8.64. The van der Waals surface area contributed by atoms with E-state index in [9.17, 15) is 4.79 Å². The topological polar surface area (TPSA) is 26.3 Å². The van der Waals surface area contributed by atoms with Gasteiger partial charge in [-0.3, -0.25) is 4.79 Å². The highest BCUT2D eigenvalue weighted by Crippen LogP contribution is 2.38. The average molecular weight is 221 g/mol.